The van der Waals surface area contributed by atoms with Crippen LogP contribution in [0.2, 0.25) is 5.02 Å². The van der Waals surface area contributed by atoms with Crippen molar-refractivity contribution in [1.29, 1.82) is 0 Å². The molecule has 0 saturated carbocycles. The Kier molecular flexibility index (Phi) is 5.11. The average molecular weight is 313 g/mol. The molecule has 7 nitrogen and oxygen atoms in total. The summed E-state index contributed by atoms with van der Waals surface area (Å²) >= 11 is 5.74. The fourth-order valence-electron chi connectivity index (χ4n) is 2.25. The first kappa shape index (κ1) is 15.7. The summed E-state index contributed by atoms with van der Waals surface area (Å²) in [5.74, 6) is -0.269. The topological polar surface area (TPSA) is 87.5 Å². The fraction of sp³-hybridized carbons (Fsp3) is 0.462. The van der Waals surface area contributed by atoms with Crippen molar-refractivity contribution in [1.82, 2.24) is 10.2 Å². The summed E-state index contributed by atoms with van der Waals surface area (Å²) in [6.45, 7) is 4.68. The van der Waals surface area contributed by atoms with Gasteiger partial charge in [0.1, 0.15) is 5.69 Å². The molecule has 0 aromatic heterocycles. The summed E-state index contributed by atoms with van der Waals surface area (Å²) in [6.07, 6.45) is 0. The molecule has 1 heterocycles. The molecule has 1 fully saturated rings. The zero-order chi connectivity index (χ0) is 15.4. The summed E-state index contributed by atoms with van der Waals surface area (Å²) < 4.78 is 0. The molecule has 0 unspecified atom stereocenters. The zero-order valence-electron chi connectivity index (χ0n) is 11.6. The predicted molar refractivity (Wildman–Crippen MR) is 80.6 cm³/mol. The molecule has 1 aromatic carbocycles. The second kappa shape index (κ2) is 6.84. The molecule has 8 heteroatoms. The first-order valence-electron chi connectivity index (χ1n) is 6.66. The van der Waals surface area contributed by atoms with Crippen molar-refractivity contribution in [3.05, 3.63) is 33.3 Å². The molecule has 1 aliphatic rings. The van der Waals surface area contributed by atoms with Gasteiger partial charge in [-0.3, -0.25) is 19.8 Å². The van der Waals surface area contributed by atoms with Crippen molar-refractivity contribution < 1.29 is 9.72 Å². The number of nitrogens with one attached hydrogen (secondary N) is 2. The molecule has 1 saturated heterocycles. The van der Waals surface area contributed by atoms with Gasteiger partial charge in [-0.25, -0.2) is 0 Å². The first-order chi connectivity index (χ1) is 9.97. The molecule has 1 aliphatic heterocycles. The summed E-state index contributed by atoms with van der Waals surface area (Å²) in [5, 5.41) is 17.1. The Morgan fingerprint density at radius 3 is 3.05 bits per heavy atom. The van der Waals surface area contributed by atoms with Gasteiger partial charge in [0.25, 0.3) is 5.69 Å². The molecule has 1 atom stereocenters. The second-order valence-electron chi connectivity index (χ2n) is 4.99. The standard InChI is InChI=1S/C13H17ClN4O3/c1-9-7-15-4-5-17(9)8-13(19)16-11-3-2-10(14)6-12(11)18(20)21/h2-3,6,9,15H,4-5,7-8H2,1H3,(H,16,19)/t9-/m0/s1. The van der Waals surface area contributed by atoms with Crippen LogP contribution in [-0.2, 0) is 4.79 Å². The zero-order valence-corrected chi connectivity index (χ0v) is 12.4. The molecule has 114 valence electrons. The number of benzene rings is 1. The number of nitro groups is 1. The summed E-state index contributed by atoms with van der Waals surface area (Å²) in [7, 11) is 0. The lowest BCUT2D eigenvalue weighted by molar-refractivity contribution is -0.383. The number of carbonyl (C=O) groups is 1. The quantitative estimate of drug-likeness (QED) is 0.649. The maximum absolute atomic E-state index is 12.1. The van der Waals surface area contributed by atoms with Crippen LogP contribution >= 0.6 is 11.6 Å². The monoisotopic (exact) mass is 312 g/mol. The summed E-state index contributed by atoms with van der Waals surface area (Å²) in [4.78, 5) is 24.5. The van der Waals surface area contributed by atoms with Crippen molar-refractivity contribution in [2.45, 2.75) is 13.0 Å². The lowest BCUT2D eigenvalue weighted by Crippen LogP contribution is -2.52. The lowest BCUT2D eigenvalue weighted by Gasteiger charge is -2.33. The third-order valence-corrected chi connectivity index (χ3v) is 3.65. The van der Waals surface area contributed by atoms with E-state index in [2.05, 4.69) is 10.6 Å². The third-order valence-electron chi connectivity index (χ3n) is 3.42. The number of carbonyl (C=O) groups excluding carboxylic acids is 1. The SMILES string of the molecule is C[C@H]1CNCCN1CC(=O)Nc1ccc(Cl)cc1[N+](=O)[O-]. The van der Waals surface area contributed by atoms with E-state index in [0.29, 0.717) is 0 Å². The van der Waals surface area contributed by atoms with Crippen LogP contribution in [0.25, 0.3) is 0 Å². The number of amides is 1. The molecule has 1 amide bonds. The van der Waals surface area contributed by atoms with Gasteiger partial charge in [0.05, 0.1) is 11.5 Å². The van der Waals surface area contributed by atoms with E-state index in [1.807, 2.05) is 11.8 Å². The normalized spacial score (nSPS) is 19.2. The van der Waals surface area contributed by atoms with E-state index >= 15 is 0 Å². The highest BCUT2D eigenvalue weighted by molar-refractivity contribution is 6.31. The number of piperazine rings is 1. The largest absolute Gasteiger partial charge is 0.319 e. The van der Waals surface area contributed by atoms with Crippen LogP contribution in [-0.4, -0.2) is 48.0 Å². The van der Waals surface area contributed by atoms with Gasteiger partial charge in [0, 0.05) is 36.8 Å². The van der Waals surface area contributed by atoms with Gasteiger partial charge in [-0.15, -0.1) is 0 Å². The number of nitrogens with zero attached hydrogens (tertiary/aromatic N) is 2. The van der Waals surface area contributed by atoms with Gasteiger partial charge in [0.2, 0.25) is 5.91 Å². The highest BCUT2D eigenvalue weighted by atomic mass is 35.5. The maximum Gasteiger partial charge on any atom is 0.294 e. The van der Waals surface area contributed by atoms with Crippen LogP contribution in [0.15, 0.2) is 18.2 Å². The Hall–Kier alpha value is -1.70. The number of hydrogen-bond donors (Lipinski definition) is 2. The summed E-state index contributed by atoms with van der Waals surface area (Å²) in [6, 6.07) is 4.44. The van der Waals surface area contributed by atoms with Crippen LogP contribution in [0.3, 0.4) is 0 Å². The van der Waals surface area contributed by atoms with Gasteiger partial charge in [-0.05, 0) is 19.1 Å². The van der Waals surface area contributed by atoms with Crippen LogP contribution in [0.4, 0.5) is 11.4 Å². The Morgan fingerprint density at radius 1 is 1.62 bits per heavy atom. The molecule has 0 spiro atoms. The molecule has 0 aliphatic carbocycles. The van der Waals surface area contributed by atoms with Crippen LogP contribution in [0.5, 0.6) is 0 Å². The van der Waals surface area contributed by atoms with E-state index in [0.717, 1.165) is 19.6 Å². The Morgan fingerprint density at radius 2 is 2.38 bits per heavy atom. The first-order valence-corrected chi connectivity index (χ1v) is 7.03. The van der Waals surface area contributed by atoms with Crippen molar-refractivity contribution in [3.63, 3.8) is 0 Å². The molecule has 0 bridgehead atoms. The van der Waals surface area contributed by atoms with E-state index < -0.39 is 4.92 Å². The summed E-state index contributed by atoms with van der Waals surface area (Å²) in [5.41, 5.74) is -0.0404. The van der Waals surface area contributed by atoms with Crippen molar-refractivity contribution in [3.8, 4) is 0 Å². The highest BCUT2D eigenvalue weighted by Crippen LogP contribution is 2.27. The molecule has 1 aromatic rings. The van der Waals surface area contributed by atoms with E-state index in [1.54, 1.807) is 0 Å². The number of rotatable bonds is 4. The van der Waals surface area contributed by atoms with Crippen molar-refractivity contribution >= 4 is 28.9 Å². The highest BCUT2D eigenvalue weighted by Gasteiger charge is 2.22. The third kappa shape index (κ3) is 4.13. The fourth-order valence-corrected chi connectivity index (χ4v) is 2.42. The molecule has 0 radical (unpaired) electrons. The lowest BCUT2D eigenvalue weighted by atomic mass is 10.2. The Bertz CT molecular complexity index is 552. The van der Waals surface area contributed by atoms with Crippen LogP contribution < -0.4 is 10.6 Å². The number of hydrogen-bond acceptors (Lipinski definition) is 5. The van der Waals surface area contributed by atoms with E-state index in [4.69, 9.17) is 11.6 Å². The number of anilines is 1. The minimum Gasteiger partial charge on any atom is -0.319 e. The molecule has 2 N–H and O–H groups in total. The number of nitro benzene ring substituents is 1. The van der Waals surface area contributed by atoms with Gasteiger partial charge in [0.15, 0.2) is 0 Å². The van der Waals surface area contributed by atoms with Crippen LogP contribution in [0, 0.1) is 10.1 Å². The van der Waals surface area contributed by atoms with Gasteiger partial charge in [-0.2, -0.15) is 0 Å². The Balaban J connectivity index is 2.04. The number of halogens is 1. The molecular formula is C13H17ClN4O3. The maximum atomic E-state index is 12.1. The molecule has 21 heavy (non-hydrogen) atoms. The van der Waals surface area contributed by atoms with E-state index in [9.17, 15) is 14.9 Å². The van der Waals surface area contributed by atoms with Gasteiger partial charge >= 0.3 is 0 Å². The Labute approximate surface area is 127 Å². The average Bonchev–Trinajstić information content (AvgIpc) is 2.43. The molecular weight excluding hydrogens is 296 g/mol. The van der Waals surface area contributed by atoms with E-state index in [1.165, 1.54) is 18.2 Å². The van der Waals surface area contributed by atoms with Crippen molar-refractivity contribution in [2.75, 3.05) is 31.5 Å². The molecule has 2 rings (SSSR count). The van der Waals surface area contributed by atoms with Crippen molar-refractivity contribution in [2.24, 2.45) is 0 Å². The minimum atomic E-state index is -0.561. The van der Waals surface area contributed by atoms with E-state index in [-0.39, 0.29) is 34.9 Å². The minimum absolute atomic E-state index is 0.164. The predicted octanol–water partition coefficient (Wildman–Crippen LogP) is 1.48. The van der Waals surface area contributed by atoms with Gasteiger partial charge in [-0.1, -0.05) is 11.6 Å². The smallest absolute Gasteiger partial charge is 0.294 e. The second-order valence-corrected chi connectivity index (χ2v) is 5.43. The van der Waals surface area contributed by atoms with Gasteiger partial charge < -0.3 is 10.6 Å². The van der Waals surface area contributed by atoms with Crippen LogP contribution in [0.1, 0.15) is 6.92 Å².